The van der Waals surface area contributed by atoms with Gasteiger partial charge in [0, 0.05) is 12.7 Å². The van der Waals surface area contributed by atoms with Gasteiger partial charge in [-0.25, -0.2) is 9.59 Å². The van der Waals surface area contributed by atoms with Gasteiger partial charge in [0.2, 0.25) is 0 Å². The van der Waals surface area contributed by atoms with E-state index in [4.69, 9.17) is 10.5 Å². The van der Waals surface area contributed by atoms with Crippen LogP contribution in [0, 0.1) is 0 Å². The number of rotatable bonds is 4. The van der Waals surface area contributed by atoms with Gasteiger partial charge < -0.3 is 20.5 Å². The number of methoxy groups -OCH3 is 2. The monoisotopic (exact) mass is 447 g/mol. The highest BCUT2D eigenvalue weighted by molar-refractivity contribution is 5.95. The van der Waals surface area contributed by atoms with Crippen LogP contribution in [0.25, 0.3) is 0 Å². The molecule has 0 atom stereocenters. The Morgan fingerprint density at radius 2 is 1.34 bits per heavy atom. The SMILES string of the molecule is COC(=O)C1(N)CCCCC1.COC(=O)C1(NC(=O)N(C)c2ccccc2)CCCCC1. The highest BCUT2D eigenvalue weighted by Crippen LogP contribution is 2.30. The molecule has 0 aromatic heterocycles. The second-order valence-corrected chi connectivity index (χ2v) is 8.67. The Kier molecular flexibility index (Phi) is 9.50. The first-order chi connectivity index (χ1) is 15.3. The van der Waals surface area contributed by atoms with Crippen molar-refractivity contribution in [1.29, 1.82) is 0 Å². The summed E-state index contributed by atoms with van der Waals surface area (Å²) < 4.78 is 9.54. The van der Waals surface area contributed by atoms with E-state index in [-0.39, 0.29) is 18.0 Å². The van der Waals surface area contributed by atoms with E-state index in [0.29, 0.717) is 12.8 Å². The second kappa shape index (κ2) is 11.9. The number of nitrogens with two attached hydrogens (primary N) is 1. The van der Waals surface area contributed by atoms with Crippen LogP contribution in [0.4, 0.5) is 10.5 Å². The van der Waals surface area contributed by atoms with E-state index in [2.05, 4.69) is 10.1 Å². The van der Waals surface area contributed by atoms with Crippen molar-refractivity contribution in [3.63, 3.8) is 0 Å². The lowest BCUT2D eigenvalue weighted by Crippen LogP contribution is -2.58. The molecule has 0 spiro atoms. The van der Waals surface area contributed by atoms with E-state index >= 15 is 0 Å². The minimum absolute atomic E-state index is 0.253. The van der Waals surface area contributed by atoms with Gasteiger partial charge in [0.15, 0.2) is 0 Å². The summed E-state index contributed by atoms with van der Waals surface area (Å²) >= 11 is 0. The van der Waals surface area contributed by atoms with Gasteiger partial charge in [0.25, 0.3) is 0 Å². The van der Waals surface area contributed by atoms with E-state index in [1.54, 1.807) is 7.05 Å². The maximum atomic E-state index is 12.4. The van der Waals surface area contributed by atoms with E-state index < -0.39 is 11.1 Å². The molecule has 3 rings (SSSR count). The number of carbonyl (C=O) groups is 3. The van der Waals surface area contributed by atoms with Crippen LogP contribution < -0.4 is 16.0 Å². The number of carbonyl (C=O) groups excluding carboxylic acids is 3. The molecule has 3 N–H and O–H groups in total. The molecule has 8 heteroatoms. The number of hydrogen-bond acceptors (Lipinski definition) is 6. The Labute approximate surface area is 190 Å². The molecule has 0 unspecified atom stereocenters. The molecule has 0 aliphatic heterocycles. The molecule has 2 saturated carbocycles. The standard InChI is InChI=1S/C16H22N2O3.C8H15NO2/c1-18(13-9-5-3-6-10-13)15(20)17-16(14(19)21-2)11-7-4-8-12-16;1-11-7(10)8(9)5-3-2-4-6-8/h3,5-6,9-10H,4,7-8,11-12H2,1-2H3,(H,17,20);2-6,9H2,1H3. The van der Waals surface area contributed by atoms with Gasteiger partial charge in [-0.05, 0) is 37.8 Å². The quantitative estimate of drug-likeness (QED) is 0.683. The van der Waals surface area contributed by atoms with Crippen LogP contribution in [0.2, 0.25) is 0 Å². The van der Waals surface area contributed by atoms with Crippen molar-refractivity contribution < 1.29 is 23.9 Å². The Balaban J connectivity index is 0.000000278. The number of nitrogens with one attached hydrogen (secondary N) is 1. The number of nitrogens with zero attached hydrogens (tertiary/aromatic N) is 1. The average molecular weight is 448 g/mol. The maximum Gasteiger partial charge on any atom is 0.331 e. The van der Waals surface area contributed by atoms with E-state index in [1.165, 1.54) is 25.5 Å². The molecule has 2 aliphatic carbocycles. The van der Waals surface area contributed by atoms with Crippen LogP contribution >= 0.6 is 0 Å². The van der Waals surface area contributed by atoms with Crippen LogP contribution in [-0.2, 0) is 19.1 Å². The summed E-state index contributed by atoms with van der Waals surface area (Å²) in [5.74, 6) is -0.603. The molecular formula is C24H37N3O5. The van der Waals surface area contributed by atoms with E-state index in [0.717, 1.165) is 50.6 Å². The van der Waals surface area contributed by atoms with Crippen molar-refractivity contribution in [2.45, 2.75) is 75.3 Å². The lowest BCUT2D eigenvalue weighted by atomic mass is 9.81. The number of amides is 2. The number of para-hydroxylation sites is 1. The molecule has 0 bridgehead atoms. The molecule has 2 amide bonds. The van der Waals surface area contributed by atoms with Crippen molar-refractivity contribution in [1.82, 2.24) is 5.32 Å². The number of esters is 2. The zero-order chi connectivity index (χ0) is 23.6. The number of ether oxygens (including phenoxy) is 2. The minimum Gasteiger partial charge on any atom is -0.468 e. The molecule has 0 radical (unpaired) electrons. The van der Waals surface area contributed by atoms with Gasteiger partial charge in [-0.3, -0.25) is 9.69 Å². The zero-order valence-electron chi connectivity index (χ0n) is 19.5. The summed E-state index contributed by atoms with van der Waals surface area (Å²) in [6.45, 7) is 0. The fourth-order valence-electron chi connectivity index (χ4n) is 4.38. The fraction of sp³-hybridized carbons (Fsp3) is 0.625. The lowest BCUT2D eigenvalue weighted by Gasteiger charge is -2.36. The third-order valence-corrected chi connectivity index (χ3v) is 6.42. The van der Waals surface area contributed by atoms with E-state index in [1.807, 2.05) is 30.3 Å². The third-order valence-electron chi connectivity index (χ3n) is 6.42. The average Bonchev–Trinajstić information content (AvgIpc) is 2.84. The predicted octanol–water partition coefficient (Wildman–Crippen LogP) is 3.53. The number of hydrogen-bond donors (Lipinski definition) is 2. The Morgan fingerprint density at radius 1 is 0.844 bits per heavy atom. The molecule has 178 valence electrons. The van der Waals surface area contributed by atoms with Crippen molar-refractivity contribution in [2.75, 3.05) is 26.2 Å². The second-order valence-electron chi connectivity index (χ2n) is 8.67. The van der Waals surface area contributed by atoms with Crippen LogP contribution in [0.5, 0.6) is 0 Å². The first-order valence-electron chi connectivity index (χ1n) is 11.3. The van der Waals surface area contributed by atoms with Gasteiger partial charge in [-0.2, -0.15) is 0 Å². The Bertz CT molecular complexity index is 756. The number of anilines is 1. The van der Waals surface area contributed by atoms with Crippen LogP contribution in [0.3, 0.4) is 0 Å². The summed E-state index contributed by atoms with van der Waals surface area (Å²) in [6.07, 6.45) is 9.03. The first-order valence-corrected chi connectivity index (χ1v) is 11.3. The summed E-state index contributed by atoms with van der Waals surface area (Å²) in [5.41, 5.74) is 5.07. The normalized spacial score (nSPS) is 18.9. The highest BCUT2D eigenvalue weighted by atomic mass is 16.5. The fourth-order valence-corrected chi connectivity index (χ4v) is 4.38. The molecule has 8 nitrogen and oxygen atoms in total. The Hall–Kier alpha value is -2.61. The van der Waals surface area contributed by atoms with E-state index in [9.17, 15) is 14.4 Å². The molecule has 32 heavy (non-hydrogen) atoms. The van der Waals surface area contributed by atoms with Crippen LogP contribution in [0.15, 0.2) is 30.3 Å². The Morgan fingerprint density at radius 3 is 1.84 bits per heavy atom. The van der Waals surface area contributed by atoms with Crippen molar-refractivity contribution in [2.24, 2.45) is 5.73 Å². The summed E-state index contributed by atoms with van der Waals surface area (Å²) in [5, 5.41) is 2.89. The van der Waals surface area contributed by atoms with Crippen molar-refractivity contribution in [3.05, 3.63) is 30.3 Å². The van der Waals surface area contributed by atoms with Gasteiger partial charge >= 0.3 is 18.0 Å². The lowest BCUT2D eigenvalue weighted by molar-refractivity contribution is -0.149. The minimum atomic E-state index is -0.882. The topological polar surface area (TPSA) is 111 Å². The maximum absolute atomic E-state index is 12.4. The largest absolute Gasteiger partial charge is 0.468 e. The first kappa shape index (κ1) is 25.6. The summed E-state index contributed by atoms with van der Waals surface area (Å²) in [7, 11) is 4.45. The number of benzene rings is 1. The molecule has 1 aromatic rings. The van der Waals surface area contributed by atoms with Crippen molar-refractivity contribution in [3.8, 4) is 0 Å². The van der Waals surface area contributed by atoms with Gasteiger partial charge in [0.1, 0.15) is 11.1 Å². The predicted molar refractivity (Wildman–Crippen MR) is 123 cm³/mol. The molecule has 2 aliphatic rings. The highest BCUT2D eigenvalue weighted by Gasteiger charge is 2.42. The van der Waals surface area contributed by atoms with Crippen molar-refractivity contribution >= 4 is 23.7 Å². The van der Waals surface area contributed by atoms with Gasteiger partial charge in [-0.15, -0.1) is 0 Å². The zero-order valence-corrected chi connectivity index (χ0v) is 19.5. The van der Waals surface area contributed by atoms with Gasteiger partial charge in [-0.1, -0.05) is 56.7 Å². The number of urea groups is 1. The summed E-state index contributed by atoms with van der Waals surface area (Å²) in [6, 6.07) is 9.06. The summed E-state index contributed by atoms with van der Waals surface area (Å²) in [4.78, 5) is 37.2. The smallest absolute Gasteiger partial charge is 0.331 e. The molecule has 0 heterocycles. The molecule has 0 saturated heterocycles. The van der Waals surface area contributed by atoms with Crippen LogP contribution in [0.1, 0.15) is 64.2 Å². The molecule has 2 fully saturated rings. The van der Waals surface area contributed by atoms with Gasteiger partial charge in [0.05, 0.1) is 14.2 Å². The molecule has 1 aromatic carbocycles. The van der Waals surface area contributed by atoms with Crippen LogP contribution in [-0.4, -0.2) is 50.3 Å². The molecular weight excluding hydrogens is 410 g/mol. The third kappa shape index (κ3) is 6.45.